The van der Waals surface area contributed by atoms with E-state index in [4.69, 9.17) is 8.92 Å². The van der Waals surface area contributed by atoms with Crippen LogP contribution in [0.15, 0.2) is 0 Å². The van der Waals surface area contributed by atoms with Crippen LogP contribution in [-0.4, -0.2) is 60.9 Å². The fourth-order valence-corrected chi connectivity index (χ4v) is 8.78. The third-order valence-corrected chi connectivity index (χ3v) is 9.07. The lowest BCUT2D eigenvalue weighted by atomic mass is 9.46. The first-order valence-electron chi connectivity index (χ1n) is 12.3. The van der Waals surface area contributed by atoms with Crippen molar-refractivity contribution in [1.82, 2.24) is 10.2 Å². The van der Waals surface area contributed by atoms with Gasteiger partial charge in [-0.3, -0.25) is 8.98 Å². The van der Waals surface area contributed by atoms with Crippen LogP contribution in [0.25, 0.3) is 0 Å². The summed E-state index contributed by atoms with van der Waals surface area (Å²) in [6, 6.07) is 0.948. The number of rotatable bonds is 5. The van der Waals surface area contributed by atoms with Crippen LogP contribution in [0.2, 0.25) is 0 Å². The molecular formula is C24H35N3O6S. The molecule has 6 atom stereocenters. The summed E-state index contributed by atoms with van der Waals surface area (Å²) < 4.78 is 35.6. The van der Waals surface area contributed by atoms with Gasteiger partial charge < -0.3 is 15.0 Å². The quantitative estimate of drug-likeness (QED) is 0.584. The van der Waals surface area contributed by atoms with Crippen molar-refractivity contribution < 1.29 is 26.9 Å². The normalized spacial score (nSPS) is 40.9. The number of carbonyl (C=O) groups is 2. The average molecular weight is 494 g/mol. The fourth-order valence-electron chi connectivity index (χ4n) is 7.94. The highest BCUT2D eigenvalue weighted by molar-refractivity contribution is 7.86. The van der Waals surface area contributed by atoms with Gasteiger partial charge in [-0.1, -0.05) is 0 Å². The predicted molar refractivity (Wildman–Crippen MR) is 122 cm³/mol. The molecule has 34 heavy (non-hydrogen) atoms. The zero-order valence-corrected chi connectivity index (χ0v) is 21.2. The van der Waals surface area contributed by atoms with Gasteiger partial charge in [-0.05, 0) is 89.9 Å². The summed E-state index contributed by atoms with van der Waals surface area (Å²) in [5, 5.41) is 12.6. The number of likely N-dealkylation sites (tertiary alicyclic amines) is 1. The number of hydrogen-bond donors (Lipinski definition) is 1. The molecule has 5 aliphatic carbocycles. The molecule has 1 heterocycles. The number of carbonyl (C=O) groups excluding carboxylic acids is 2. The van der Waals surface area contributed by atoms with E-state index < -0.39 is 44.9 Å². The average Bonchev–Trinajstić information content (AvgIpc) is 3.31. The van der Waals surface area contributed by atoms with Gasteiger partial charge in [0, 0.05) is 11.5 Å². The Kier molecular flexibility index (Phi) is 5.31. The molecule has 6 aliphatic rings. The van der Waals surface area contributed by atoms with Crippen molar-refractivity contribution in [3.63, 3.8) is 0 Å². The van der Waals surface area contributed by atoms with Crippen molar-refractivity contribution >= 4 is 22.1 Å². The number of piperidine rings is 1. The van der Waals surface area contributed by atoms with Crippen LogP contribution < -0.4 is 5.32 Å². The highest BCUT2D eigenvalue weighted by atomic mass is 32.2. The van der Waals surface area contributed by atoms with Crippen LogP contribution >= 0.6 is 0 Å². The van der Waals surface area contributed by atoms with E-state index in [-0.39, 0.29) is 23.8 Å². The second kappa shape index (κ2) is 7.57. The molecule has 9 nitrogen and oxygen atoms in total. The first kappa shape index (κ1) is 23.9. The van der Waals surface area contributed by atoms with E-state index in [1.807, 2.05) is 0 Å². The maximum absolute atomic E-state index is 14.1. The van der Waals surface area contributed by atoms with Gasteiger partial charge in [0.2, 0.25) is 5.91 Å². The number of nitrogens with zero attached hydrogens (tertiary/aromatic N) is 2. The minimum Gasteiger partial charge on any atom is -0.444 e. The largest absolute Gasteiger partial charge is 0.444 e. The van der Waals surface area contributed by atoms with E-state index in [2.05, 4.69) is 11.4 Å². The molecule has 0 aromatic heterocycles. The van der Waals surface area contributed by atoms with E-state index in [0.29, 0.717) is 31.6 Å². The van der Waals surface area contributed by atoms with Crippen LogP contribution in [-0.2, 0) is 23.8 Å². The molecule has 0 aromatic carbocycles. The van der Waals surface area contributed by atoms with Gasteiger partial charge >= 0.3 is 6.09 Å². The van der Waals surface area contributed by atoms with E-state index in [9.17, 15) is 23.3 Å². The molecule has 4 bridgehead atoms. The molecule has 6 rings (SSSR count). The number of fused-ring (bicyclic) bond motifs is 1. The Balaban J connectivity index is 1.50. The molecule has 5 saturated carbocycles. The Bertz CT molecular complexity index is 1030. The number of amides is 2. The Morgan fingerprint density at radius 3 is 2.32 bits per heavy atom. The van der Waals surface area contributed by atoms with Crippen molar-refractivity contribution in [3.05, 3.63) is 0 Å². The molecule has 0 radical (unpaired) electrons. The van der Waals surface area contributed by atoms with Gasteiger partial charge in [0.1, 0.15) is 17.7 Å². The lowest BCUT2D eigenvalue weighted by Gasteiger charge is -2.62. The van der Waals surface area contributed by atoms with Gasteiger partial charge in [0.25, 0.3) is 10.1 Å². The Morgan fingerprint density at radius 1 is 1.12 bits per heavy atom. The topological polar surface area (TPSA) is 126 Å². The molecule has 0 spiro atoms. The highest BCUT2D eigenvalue weighted by Crippen LogP contribution is 2.64. The maximum Gasteiger partial charge on any atom is 0.408 e. The lowest BCUT2D eigenvalue weighted by molar-refractivity contribution is -0.170. The molecular weight excluding hydrogens is 458 g/mol. The summed E-state index contributed by atoms with van der Waals surface area (Å²) in [5.74, 6) is 0.585. The fraction of sp³-hybridized carbons (Fsp3) is 0.875. The first-order valence-corrected chi connectivity index (χ1v) is 14.2. The standard InChI is InChI=1S/C24H35N3O6S/c1-22(2,3)32-21(29)26-19(20(28)27-17(12-25)6-16-7-18(16)27)23-8-14-5-15(9-23)11-24(10-14,13-23)33-34(4,30)31/h14-19H,5-11,13H2,1-4H3,(H,26,29)/t14-,15-,16+,17-,18-,19+,23?,24?/m0/s1. The van der Waals surface area contributed by atoms with Gasteiger partial charge in [-0.25, -0.2) is 4.79 Å². The zero-order valence-electron chi connectivity index (χ0n) is 20.4. The molecule has 2 amide bonds. The minimum absolute atomic E-state index is 0.0511. The molecule has 1 aliphatic heterocycles. The van der Waals surface area contributed by atoms with Crippen LogP contribution in [0.5, 0.6) is 0 Å². The lowest BCUT2D eigenvalue weighted by Crippen LogP contribution is -2.67. The third-order valence-electron chi connectivity index (χ3n) is 8.41. The Hall–Kier alpha value is -1.86. The second-order valence-corrected chi connectivity index (χ2v) is 14.1. The SMILES string of the molecule is CC(C)(C)OC(=O)N[C@H](C(=O)N1[C@H](C#N)C[C@@H]2C[C@@H]21)C12C[C@@H]3C[C@H](CC(OS(C)(=O)=O)(C3)C1)C2. The van der Waals surface area contributed by atoms with Crippen molar-refractivity contribution in [1.29, 1.82) is 5.26 Å². The summed E-state index contributed by atoms with van der Waals surface area (Å²) in [6.45, 7) is 5.30. The smallest absolute Gasteiger partial charge is 0.408 e. The van der Waals surface area contributed by atoms with Gasteiger partial charge in [0.15, 0.2) is 0 Å². The molecule has 0 unspecified atom stereocenters. The monoisotopic (exact) mass is 493 g/mol. The highest BCUT2D eigenvalue weighted by Gasteiger charge is 2.65. The van der Waals surface area contributed by atoms with Crippen molar-refractivity contribution in [2.24, 2.45) is 23.2 Å². The number of nitrogens with one attached hydrogen (secondary N) is 1. The van der Waals surface area contributed by atoms with Crippen molar-refractivity contribution in [3.8, 4) is 6.07 Å². The molecule has 1 N–H and O–H groups in total. The number of nitriles is 1. The summed E-state index contributed by atoms with van der Waals surface area (Å²) in [4.78, 5) is 28.7. The number of alkyl carbamates (subject to hydrolysis) is 1. The van der Waals surface area contributed by atoms with Gasteiger partial charge in [-0.2, -0.15) is 13.7 Å². The summed E-state index contributed by atoms with van der Waals surface area (Å²) in [5.41, 5.74) is -2.20. The minimum atomic E-state index is -3.69. The molecule has 6 fully saturated rings. The Labute approximate surface area is 201 Å². The first-order chi connectivity index (χ1) is 15.7. The van der Waals surface area contributed by atoms with E-state index in [0.717, 1.165) is 31.9 Å². The molecule has 1 saturated heterocycles. The zero-order chi connectivity index (χ0) is 24.7. The second-order valence-electron chi connectivity index (χ2n) is 12.6. The maximum atomic E-state index is 14.1. The summed E-state index contributed by atoms with van der Waals surface area (Å²) in [7, 11) is -3.69. The molecule has 0 aromatic rings. The van der Waals surface area contributed by atoms with E-state index in [1.54, 1.807) is 25.7 Å². The van der Waals surface area contributed by atoms with Crippen LogP contribution in [0.1, 0.15) is 72.1 Å². The summed E-state index contributed by atoms with van der Waals surface area (Å²) in [6.07, 6.45) is 6.11. The van der Waals surface area contributed by atoms with Crippen molar-refractivity contribution in [2.75, 3.05) is 6.26 Å². The molecule has 188 valence electrons. The van der Waals surface area contributed by atoms with Gasteiger partial charge in [-0.15, -0.1) is 0 Å². The van der Waals surface area contributed by atoms with Gasteiger partial charge in [0.05, 0.1) is 17.9 Å². The number of ether oxygens (including phenoxy) is 1. The number of hydrogen-bond acceptors (Lipinski definition) is 7. The van der Waals surface area contributed by atoms with Crippen molar-refractivity contribution in [2.45, 2.75) is 101 Å². The van der Waals surface area contributed by atoms with E-state index in [1.165, 1.54) is 0 Å². The summed E-state index contributed by atoms with van der Waals surface area (Å²) >= 11 is 0. The van der Waals surface area contributed by atoms with Crippen LogP contribution in [0.4, 0.5) is 4.79 Å². The third kappa shape index (κ3) is 4.30. The molecule has 10 heteroatoms. The predicted octanol–water partition coefficient (Wildman–Crippen LogP) is 2.71. The van der Waals surface area contributed by atoms with Crippen LogP contribution in [0.3, 0.4) is 0 Å². The van der Waals surface area contributed by atoms with E-state index >= 15 is 0 Å². The van der Waals surface area contributed by atoms with Crippen LogP contribution in [0, 0.1) is 34.5 Å². The Morgan fingerprint density at radius 2 is 1.76 bits per heavy atom.